The van der Waals surface area contributed by atoms with E-state index in [1.165, 1.54) is 11.3 Å². The molecule has 108 valence electrons. The molecule has 2 aromatic rings. The molecule has 0 fully saturated rings. The summed E-state index contributed by atoms with van der Waals surface area (Å²) in [5.41, 5.74) is 1.00. The molecule has 0 spiro atoms. The van der Waals surface area contributed by atoms with Crippen molar-refractivity contribution < 1.29 is 9.21 Å². The summed E-state index contributed by atoms with van der Waals surface area (Å²) in [4.78, 5) is 19.0. The number of amides is 2. The van der Waals surface area contributed by atoms with Gasteiger partial charge in [0.15, 0.2) is 5.13 Å². The van der Waals surface area contributed by atoms with E-state index in [9.17, 15) is 4.79 Å². The molecule has 0 atom stereocenters. The molecule has 0 aliphatic carbocycles. The zero-order valence-electron chi connectivity index (χ0n) is 12.1. The molecule has 0 unspecified atom stereocenters. The maximum absolute atomic E-state index is 12.0. The highest BCUT2D eigenvalue weighted by molar-refractivity contribution is 7.15. The summed E-state index contributed by atoms with van der Waals surface area (Å²) in [5, 5.41) is 3.43. The van der Waals surface area contributed by atoms with Gasteiger partial charge in [-0.2, -0.15) is 0 Å². The number of nitrogens with one attached hydrogen (secondary N) is 1. The molecule has 2 aromatic heterocycles. The first-order valence-corrected chi connectivity index (χ1v) is 7.17. The highest BCUT2D eigenvalue weighted by atomic mass is 32.1. The van der Waals surface area contributed by atoms with Crippen LogP contribution in [0.15, 0.2) is 29.2 Å². The number of rotatable bonds is 3. The topological polar surface area (TPSA) is 58.4 Å². The van der Waals surface area contributed by atoms with E-state index in [1.54, 1.807) is 24.5 Å². The SMILES string of the molecule is CN(Cc1ccoc1)C(=O)Nc1ncc(C(C)(C)C)s1. The van der Waals surface area contributed by atoms with E-state index in [-0.39, 0.29) is 11.4 Å². The van der Waals surface area contributed by atoms with Gasteiger partial charge in [-0.1, -0.05) is 20.8 Å². The molecule has 2 amide bonds. The van der Waals surface area contributed by atoms with E-state index in [2.05, 4.69) is 31.1 Å². The third kappa shape index (κ3) is 3.60. The van der Waals surface area contributed by atoms with Crippen LogP contribution in [0.2, 0.25) is 0 Å². The molecule has 2 rings (SSSR count). The van der Waals surface area contributed by atoms with E-state index >= 15 is 0 Å². The van der Waals surface area contributed by atoms with E-state index < -0.39 is 0 Å². The Labute approximate surface area is 122 Å². The Balaban J connectivity index is 1.95. The van der Waals surface area contributed by atoms with Gasteiger partial charge in [-0.15, -0.1) is 11.3 Å². The van der Waals surface area contributed by atoms with E-state index in [1.807, 2.05) is 12.3 Å². The smallest absolute Gasteiger partial charge is 0.323 e. The van der Waals surface area contributed by atoms with Crippen LogP contribution in [0.1, 0.15) is 31.2 Å². The van der Waals surface area contributed by atoms with Crippen LogP contribution in [-0.4, -0.2) is 23.0 Å². The summed E-state index contributed by atoms with van der Waals surface area (Å²) in [5.74, 6) is 0. The van der Waals surface area contributed by atoms with Crippen LogP contribution < -0.4 is 5.32 Å². The first-order chi connectivity index (χ1) is 9.36. The second-order valence-electron chi connectivity index (χ2n) is 5.70. The lowest BCUT2D eigenvalue weighted by Gasteiger charge is -2.16. The fourth-order valence-electron chi connectivity index (χ4n) is 1.59. The lowest BCUT2D eigenvalue weighted by atomic mass is 9.96. The number of nitrogens with zero attached hydrogens (tertiary/aromatic N) is 2. The number of thiazole rings is 1. The molecule has 1 N–H and O–H groups in total. The zero-order valence-corrected chi connectivity index (χ0v) is 13.0. The van der Waals surface area contributed by atoms with Crippen LogP contribution in [0.3, 0.4) is 0 Å². The third-order valence-electron chi connectivity index (χ3n) is 2.81. The van der Waals surface area contributed by atoms with Gasteiger partial charge in [0.2, 0.25) is 0 Å². The number of urea groups is 1. The number of hydrogen-bond acceptors (Lipinski definition) is 4. The summed E-state index contributed by atoms with van der Waals surface area (Å²) in [6.45, 7) is 6.87. The van der Waals surface area contributed by atoms with Gasteiger partial charge in [-0.05, 0) is 11.5 Å². The van der Waals surface area contributed by atoms with Crippen molar-refractivity contribution in [3.8, 4) is 0 Å². The molecule has 0 radical (unpaired) electrons. The minimum absolute atomic E-state index is 0.0450. The third-order valence-corrected chi connectivity index (χ3v) is 4.14. The number of hydrogen-bond donors (Lipinski definition) is 1. The molecule has 5 nitrogen and oxygen atoms in total. The van der Waals surface area contributed by atoms with Crippen LogP contribution in [0.25, 0.3) is 0 Å². The van der Waals surface area contributed by atoms with Crippen LogP contribution in [0.5, 0.6) is 0 Å². The molecule has 20 heavy (non-hydrogen) atoms. The fourth-order valence-corrected chi connectivity index (χ4v) is 2.46. The highest BCUT2D eigenvalue weighted by Crippen LogP contribution is 2.30. The number of carbonyl (C=O) groups excluding carboxylic acids is 1. The fraction of sp³-hybridized carbons (Fsp3) is 0.429. The molecule has 2 heterocycles. The van der Waals surface area contributed by atoms with Crippen LogP contribution in [-0.2, 0) is 12.0 Å². The second kappa shape index (κ2) is 5.66. The average Bonchev–Trinajstić information content (AvgIpc) is 2.98. The average molecular weight is 293 g/mol. The zero-order chi connectivity index (χ0) is 14.8. The van der Waals surface area contributed by atoms with Gasteiger partial charge in [0.05, 0.1) is 19.1 Å². The van der Waals surface area contributed by atoms with E-state index in [0.717, 1.165) is 10.4 Å². The minimum Gasteiger partial charge on any atom is -0.472 e. The summed E-state index contributed by atoms with van der Waals surface area (Å²) < 4.78 is 4.99. The van der Waals surface area contributed by atoms with Crippen molar-refractivity contribution in [2.45, 2.75) is 32.7 Å². The molecule has 0 aliphatic rings. The Morgan fingerprint density at radius 2 is 2.25 bits per heavy atom. The van der Waals surface area contributed by atoms with Crippen LogP contribution in [0, 0.1) is 0 Å². The van der Waals surface area contributed by atoms with Crippen molar-refractivity contribution in [2.75, 3.05) is 12.4 Å². The minimum atomic E-state index is -0.180. The van der Waals surface area contributed by atoms with Crippen molar-refractivity contribution in [2.24, 2.45) is 0 Å². The Morgan fingerprint density at radius 1 is 1.50 bits per heavy atom. The summed E-state index contributed by atoms with van der Waals surface area (Å²) in [6.07, 6.45) is 5.04. The summed E-state index contributed by atoms with van der Waals surface area (Å²) in [7, 11) is 1.74. The van der Waals surface area contributed by atoms with Gasteiger partial charge in [0.1, 0.15) is 0 Å². The van der Waals surface area contributed by atoms with Crippen molar-refractivity contribution in [3.63, 3.8) is 0 Å². The first-order valence-electron chi connectivity index (χ1n) is 6.36. The molecule has 0 aromatic carbocycles. The van der Waals surface area contributed by atoms with Crippen molar-refractivity contribution in [3.05, 3.63) is 35.2 Å². The Kier molecular flexibility index (Phi) is 4.13. The first kappa shape index (κ1) is 14.6. The van der Waals surface area contributed by atoms with Crippen molar-refractivity contribution >= 4 is 22.5 Å². The Hall–Kier alpha value is -1.82. The maximum Gasteiger partial charge on any atom is 0.323 e. The van der Waals surface area contributed by atoms with E-state index in [0.29, 0.717) is 11.7 Å². The Morgan fingerprint density at radius 3 is 2.80 bits per heavy atom. The number of carbonyl (C=O) groups is 1. The molecule has 0 saturated carbocycles. The molecule has 6 heteroatoms. The lowest BCUT2D eigenvalue weighted by Crippen LogP contribution is -2.30. The van der Waals surface area contributed by atoms with Crippen LogP contribution >= 0.6 is 11.3 Å². The largest absolute Gasteiger partial charge is 0.472 e. The highest BCUT2D eigenvalue weighted by Gasteiger charge is 2.18. The van der Waals surface area contributed by atoms with Gasteiger partial charge in [-0.3, -0.25) is 5.32 Å². The van der Waals surface area contributed by atoms with Gasteiger partial charge in [0, 0.05) is 23.7 Å². The van der Waals surface area contributed by atoms with Gasteiger partial charge < -0.3 is 9.32 Å². The molecule has 0 aliphatic heterocycles. The number of anilines is 1. The quantitative estimate of drug-likeness (QED) is 0.938. The van der Waals surface area contributed by atoms with Gasteiger partial charge in [0.25, 0.3) is 0 Å². The predicted molar refractivity (Wildman–Crippen MR) is 80.0 cm³/mol. The second-order valence-corrected chi connectivity index (χ2v) is 6.73. The number of aromatic nitrogens is 1. The Bertz CT molecular complexity index is 570. The molecule has 0 bridgehead atoms. The maximum atomic E-state index is 12.0. The molecular weight excluding hydrogens is 274 g/mol. The predicted octanol–water partition coefficient (Wildman–Crippen LogP) is 3.70. The lowest BCUT2D eigenvalue weighted by molar-refractivity contribution is 0.220. The van der Waals surface area contributed by atoms with Crippen molar-refractivity contribution in [1.82, 2.24) is 9.88 Å². The van der Waals surface area contributed by atoms with Gasteiger partial charge in [-0.25, -0.2) is 9.78 Å². The molecular formula is C14H19N3O2S. The normalized spacial score (nSPS) is 11.4. The van der Waals surface area contributed by atoms with Gasteiger partial charge >= 0.3 is 6.03 Å². The summed E-state index contributed by atoms with van der Waals surface area (Å²) >= 11 is 1.51. The monoisotopic (exact) mass is 293 g/mol. The van der Waals surface area contributed by atoms with Crippen LogP contribution in [0.4, 0.5) is 9.93 Å². The van der Waals surface area contributed by atoms with E-state index in [4.69, 9.17) is 4.42 Å². The summed E-state index contributed by atoms with van der Waals surface area (Å²) in [6, 6.07) is 1.66. The van der Waals surface area contributed by atoms with Crippen molar-refractivity contribution in [1.29, 1.82) is 0 Å². The number of furan rings is 1. The standard InChI is InChI=1S/C14H19N3O2S/c1-14(2,3)11-7-15-12(20-11)16-13(18)17(4)8-10-5-6-19-9-10/h5-7,9H,8H2,1-4H3,(H,15,16,18). The molecule has 0 saturated heterocycles.